The van der Waals surface area contributed by atoms with Crippen LogP contribution in [0.5, 0.6) is 5.75 Å². The number of urea groups is 1. The Hall–Kier alpha value is -4.05. The molecule has 0 fully saturated rings. The minimum Gasteiger partial charge on any atom is -0.487 e. The van der Waals surface area contributed by atoms with E-state index in [4.69, 9.17) is 27.9 Å². The summed E-state index contributed by atoms with van der Waals surface area (Å²) in [4.78, 5) is 45.8. The Morgan fingerprint density at radius 3 is 2.41 bits per heavy atom. The number of amides is 4. The SMILES string of the molecule is CCN(CC)C(=O)c1cccc(NC(=O)NCC(=O)N(C)c2ccc(Cl)c(COc3cc4ccccc4nc3C)c2Cl)c1.Cl. The highest BCUT2D eigenvalue weighted by atomic mass is 35.5. The van der Waals surface area contributed by atoms with Crippen molar-refractivity contribution in [2.45, 2.75) is 27.4 Å². The molecule has 3 aromatic carbocycles. The van der Waals surface area contributed by atoms with Gasteiger partial charge in [0.05, 0.1) is 28.5 Å². The first-order valence-corrected chi connectivity index (χ1v) is 14.5. The lowest BCUT2D eigenvalue weighted by Gasteiger charge is -2.21. The van der Waals surface area contributed by atoms with Crippen molar-refractivity contribution in [2.24, 2.45) is 0 Å². The van der Waals surface area contributed by atoms with Gasteiger partial charge < -0.3 is 25.2 Å². The molecule has 9 nitrogen and oxygen atoms in total. The Morgan fingerprint density at radius 2 is 1.68 bits per heavy atom. The van der Waals surface area contributed by atoms with Gasteiger partial charge in [0.1, 0.15) is 12.4 Å². The topological polar surface area (TPSA) is 104 Å². The fraction of sp³-hybridized carbons (Fsp3) is 0.250. The molecule has 0 aliphatic heterocycles. The largest absolute Gasteiger partial charge is 0.487 e. The molecule has 0 aliphatic carbocycles. The molecule has 44 heavy (non-hydrogen) atoms. The predicted molar refractivity (Wildman–Crippen MR) is 179 cm³/mol. The van der Waals surface area contributed by atoms with Crippen LogP contribution in [0.4, 0.5) is 16.2 Å². The molecule has 4 rings (SSSR count). The quantitative estimate of drug-likeness (QED) is 0.189. The summed E-state index contributed by atoms with van der Waals surface area (Å²) >= 11 is 13.2. The highest BCUT2D eigenvalue weighted by Crippen LogP contribution is 2.35. The number of hydrogen-bond donors (Lipinski definition) is 2. The lowest BCUT2D eigenvalue weighted by Crippen LogP contribution is -2.40. The number of aryl methyl sites for hydroxylation is 1. The number of carbonyl (C=O) groups is 3. The van der Waals surface area contributed by atoms with Gasteiger partial charge in [-0.2, -0.15) is 0 Å². The molecule has 0 aliphatic rings. The Balaban J connectivity index is 0.00000529. The van der Waals surface area contributed by atoms with E-state index in [1.807, 2.05) is 51.1 Å². The third kappa shape index (κ3) is 8.11. The van der Waals surface area contributed by atoms with Crippen LogP contribution >= 0.6 is 35.6 Å². The van der Waals surface area contributed by atoms with Crippen molar-refractivity contribution in [1.29, 1.82) is 0 Å². The van der Waals surface area contributed by atoms with Gasteiger partial charge in [0.2, 0.25) is 5.91 Å². The van der Waals surface area contributed by atoms with Crippen LogP contribution in [-0.4, -0.2) is 54.4 Å². The van der Waals surface area contributed by atoms with Gasteiger partial charge in [0.15, 0.2) is 0 Å². The van der Waals surface area contributed by atoms with Crippen molar-refractivity contribution in [3.63, 3.8) is 0 Å². The van der Waals surface area contributed by atoms with E-state index >= 15 is 0 Å². The number of nitrogens with zero attached hydrogens (tertiary/aromatic N) is 3. The molecule has 0 saturated carbocycles. The highest BCUT2D eigenvalue weighted by Gasteiger charge is 2.20. The first kappa shape index (κ1) is 34.4. The molecule has 0 spiro atoms. The minimum atomic E-state index is -0.593. The zero-order valence-electron chi connectivity index (χ0n) is 24.8. The van der Waals surface area contributed by atoms with Gasteiger partial charge in [-0.05, 0) is 63.2 Å². The molecule has 0 saturated heterocycles. The second-order valence-corrected chi connectivity index (χ2v) is 10.5. The number of rotatable bonds is 10. The van der Waals surface area contributed by atoms with Crippen molar-refractivity contribution in [1.82, 2.24) is 15.2 Å². The fourth-order valence-electron chi connectivity index (χ4n) is 4.47. The van der Waals surface area contributed by atoms with Crippen molar-refractivity contribution in [2.75, 3.05) is 36.9 Å². The second-order valence-electron chi connectivity index (χ2n) is 9.73. The smallest absolute Gasteiger partial charge is 0.319 e. The first-order chi connectivity index (χ1) is 20.6. The average Bonchev–Trinajstić information content (AvgIpc) is 3.00. The van der Waals surface area contributed by atoms with Crippen molar-refractivity contribution >= 4 is 75.7 Å². The fourth-order valence-corrected chi connectivity index (χ4v) is 5.08. The molecular weight excluding hydrogens is 625 g/mol. The van der Waals surface area contributed by atoms with Crippen molar-refractivity contribution in [3.05, 3.63) is 93.6 Å². The second kappa shape index (κ2) is 15.6. The summed E-state index contributed by atoms with van der Waals surface area (Å²) in [5.74, 6) is 0.0599. The van der Waals surface area contributed by atoms with Gasteiger partial charge in [0.25, 0.3) is 5.91 Å². The van der Waals surface area contributed by atoms with E-state index in [1.165, 1.54) is 4.90 Å². The zero-order chi connectivity index (χ0) is 31.1. The molecule has 0 unspecified atom stereocenters. The number of benzene rings is 3. The third-order valence-corrected chi connectivity index (χ3v) is 7.74. The van der Waals surface area contributed by atoms with Crippen LogP contribution < -0.4 is 20.3 Å². The van der Waals surface area contributed by atoms with E-state index in [2.05, 4.69) is 15.6 Å². The molecule has 0 bridgehead atoms. The molecule has 1 heterocycles. The number of aromatic nitrogens is 1. The Morgan fingerprint density at radius 1 is 0.955 bits per heavy atom. The summed E-state index contributed by atoms with van der Waals surface area (Å²) in [6.45, 7) is 6.59. The number of likely N-dealkylation sites (N-methyl/N-ethyl adjacent to an activating group) is 1. The maximum absolute atomic E-state index is 13.0. The van der Waals surface area contributed by atoms with Crippen LogP contribution in [0.2, 0.25) is 10.0 Å². The number of nitrogens with one attached hydrogen (secondary N) is 2. The molecular formula is C32H34Cl3N5O4. The van der Waals surface area contributed by atoms with Gasteiger partial charge in [-0.25, -0.2) is 9.78 Å². The summed E-state index contributed by atoms with van der Waals surface area (Å²) in [7, 11) is 1.56. The number of carbonyl (C=O) groups excluding carboxylic acids is 3. The summed E-state index contributed by atoms with van der Waals surface area (Å²) in [5, 5.41) is 6.81. The van der Waals surface area contributed by atoms with Crippen LogP contribution in [0.3, 0.4) is 0 Å². The van der Waals surface area contributed by atoms with Crippen LogP contribution in [0, 0.1) is 6.92 Å². The number of halogens is 3. The molecule has 1 aromatic heterocycles. The van der Waals surface area contributed by atoms with E-state index < -0.39 is 11.9 Å². The maximum Gasteiger partial charge on any atom is 0.319 e. The first-order valence-electron chi connectivity index (χ1n) is 13.8. The molecule has 12 heteroatoms. The van der Waals surface area contributed by atoms with Gasteiger partial charge in [-0.3, -0.25) is 9.59 Å². The molecule has 4 aromatic rings. The Bertz CT molecular complexity index is 1660. The molecule has 232 valence electrons. The number of ether oxygens (including phenoxy) is 1. The van der Waals surface area contributed by atoms with Gasteiger partial charge in [-0.15, -0.1) is 12.4 Å². The van der Waals surface area contributed by atoms with Gasteiger partial charge in [-0.1, -0.05) is 47.5 Å². The number of pyridine rings is 1. The Labute approximate surface area is 272 Å². The van der Waals surface area contributed by atoms with Crippen molar-refractivity contribution in [3.8, 4) is 5.75 Å². The summed E-state index contributed by atoms with van der Waals surface area (Å²) in [5.41, 5.74) is 3.40. The summed E-state index contributed by atoms with van der Waals surface area (Å²) < 4.78 is 6.05. The number of hydrogen-bond acceptors (Lipinski definition) is 5. The van der Waals surface area contributed by atoms with Gasteiger partial charge >= 0.3 is 6.03 Å². The zero-order valence-corrected chi connectivity index (χ0v) is 27.1. The summed E-state index contributed by atoms with van der Waals surface area (Å²) in [6, 6.07) is 19.0. The van der Waals surface area contributed by atoms with E-state index in [9.17, 15) is 14.4 Å². The highest BCUT2D eigenvalue weighted by molar-refractivity contribution is 6.38. The van der Waals surface area contributed by atoms with Crippen LogP contribution in [0.1, 0.15) is 35.5 Å². The standard InChI is InChI=1S/C32H33Cl2N5O4.ClH/c1-5-39(6-2)31(41)22-11-9-12-23(16-22)37-32(42)35-18-29(40)38(4)27-15-14-25(33)24(30(27)34)19-43-28-17-21-10-7-8-13-26(21)36-20(28)3;/h7-17H,5-6,18-19H2,1-4H3,(H2,35,37,42);1H. The van der Waals surface area contributed by atoms with Crippen LogP contribution in [0.25, 0.3) is 10.9 Å². The van der Waals surface area contributed by atoms with Gasteiger partial charge in [0, 0.05) is 47.4 Å². The van der Waals surface area contributed by atoms with E-state index in [0.29, 0.717) is 46.4 Å². The maximum atomic E-state index is 13.0. The van der Waals surface area contributed by atoms with E-state index in [-0.39, 0.29) is 36.5 Å². The average molecular weight is 659 g/mol. The lowest BCUT2D eigenvalue weighted by molar-refractivity contribution is -0.117. The predicted octanol–water partition coefficient (Wildman–Crippen LogP) is 7.12. The van der Waals surface area contributed by atoms with E-state index in [0.717, 1.165) is 16.6 Å². The lowest BCUT2D eigenvalue weighted by atomic mass is 10.1. The Kier molecular flexibility index (Phi) is 12.2. The molecule has 4 amide bonds. The normalized spacial score (nSPS) is 10.5. The van der Waals surface area contributed by atoms with E-state index in [1.54, 1.807) is 48.3 Å². The van der Waals surface area contributed by atoms with Crippen LogP contribution in [0.15, 0.2) is 66.7 Å². The minimum absolute atomic E-state index is 0. The molecule has 2 N–H and O–H groups in total. The number of para-hydroxylation sites is 1. The monoisotopic (exact) mass is 657 g/mol. The number of anilines is 2. The molecule has 0 atom stereocenters. The van der Waals surface area contributed by atoms with Crippen LogP contribution in [-0.2, 0) is 11.4 Å². The summed E-state index contributed by atoms with van der Waals surface area (Å²) in [6.07, 6.45) is 0. The molecule has 0 radical (unpaired) electrons. The number of fused-ring (bicyclic) bond motifs is 1. The van der Waals surface area contributed by atoms with Crippen molar-refractivity contribution < 1.29 is 19.1 Å². The third-order valence-electron chi connectivity index (χ3n) is 6.96.